The van der Waals surface area contributed by atoms with Crippen LogP contribution in [0.1, 0.15) is 49.9 Å². The van der Waals surface area contributed by atoms with Crippen molar-refractivity contribution in [1.29, 1.82) is 0 Å². The Hall–Kier alpha value is -7.42. The van der Waals surface area contributed by atoms with Crippen LogP contribution in [0.4, 0.5) is 17.1 Å². The standard InChI is InChI=1S/C60H46N2/c1-59(2)53-21-13-11-19-47(53)49-33-31-45(37-55(49)59)61(43-27-23-41(24-28-43)39-15-7-5-8-16-39)46-32-34-50-52-36-35-51-48-20-12-14-22-54(48)60(3,4)57(51)58(52)62(56(50)38-46)44-29-25-42(26-30-44)40-17-9-6-10-18-40/h5-38H,1-4H3. The molecule has 0 unspecified atom stereocenters. The molecule has 2 aliphatic carbocycles. The minimum absolute atomic E-state index is 0.127. The van der Waals surface area contributed by atoms with Gasteiger partial charge in [0.05, 0.1) is 11.0 Å². The molecule has 2 nitrogen and oxygen atoms in total. The van der Waals surface area contributed by atoms with Crippen molar-refractivity contribution in [3.05, 3.63) is 229 Å². The average Bonchev–Trinajstić information content (AvgIpc) is 3.86. The highest BCUT2D eigenvalue weighted by Crippen LogP contribution is 2.54. The fourth-order valence-electron chi connectivity index (χ4n) is 10.9. The molecule has 0 spiro atoms. The zero-order valence-corrected chi connectivity index (χ0v) is 35.5. The van der Waals surface area contributed by atoms with Gasteiger partial charge in [-0.25, -0.2) is 0 Å². The molecule has 10 aromatic rings. The highest BCUT2D eigenvalue weighted by atomic mass is 15.1. The number of hydrogen-bond donors (Lipinski definition) is 0. The van der Waals surface area contributed by atoms with Gasteiger partial charge in [0, 0.05) is 44.4 Å². The molecule has 0 bridgehead atoms. The minimum atomic E-state index is -0.189. The van der Waals surface area contributed by atoms with Gasteiger partial charge in [0.2, 0.25) is 0 Å². The van der Waals surface area contributed by atoms with Crippen LogP contribution in [0.25, 0.3) is 72.0 Å². The second kappa shape index (κ2) is 13.5. The first-order chi connectivity index (χ1) is 30.3. The molecule has 0 atom stereocenters. The Labute approximate surface area is 364 Å². The van der Waals surface area contributed by atoms with Gasteiger partial charge in [-0.1, -0.05) is 185 Å². The number of aromatic nitrogens is 1. The molecule has 0 fully saturated rings. The van der Waals surface area contributed by atoms with E-state index >= 15 is 0 Å². The summed E-state index contributed by atoms with van der Waals surface area (Å²) < 4.78 is 2.55. The molecule has 2 aliphatic rings. The van der Waals surface area contributed by atoms with Gasteiger partial charge >= 0.3 is 0 Å². The first-order valence-corrected chi connectivity index (χ1v) is 21.8. The normalized spacial score (nSPS) is 14.1. The first kappa shape index (κ1) is 36.4. The van der Waals surface area contributed by atoms with Crippen LogP contribution in [0.5, 0.6) is 0 Å². The molecule has 2 heteroatoms. The Morgan fingerprint density at radius 2 is 0.823 bits per heavy atom. The van der Waals surface area contributed by atoms with Crippen LogP contribution in [0, 0.1) is 0 Å². The van der Waals surface area contributed by atoms with E-state index in [4.69, 9.17) is 0 Å². The summed E-state index contributed by atoms with van der Waals surface area (Å²) in [5, 5.41) is 2.52. The van der Waals surface area contributed by atoms with E-state index in [-0.39, 0.29) is 10.8 Å². The van der Waals surface area contributed by atoms with Crippen molar-refractivity contribution < 1.29 is 0 Å². The maximum Gasteiger partial charge on any atom is 0.0588 e. The van der Waals surface area contributed by atoms with E-state index in [9.17, 15) is 0 Å². The maximum absolute atomic E-state index is 2.55. The van der Waals surface area contributed by atoms with Crippen molar-refractivity contribution in [3.8, 4) is 50.2 Å². The fraction of sp³-hybridized carbons (Fsp3) is 0.100. The number of anilines is 3. The summed E-state index contributed by atoms with van der Waals surface area (Å²) in [6, 6.07) is 76.5. The Bertz CT molecular complexity index is 3370. The first-order valence-electron chi connectivity index (χ1n) is 21.8. The van der Waals surface area contributed by atoms with Crippen molar-refractivity contribution in [1.82, 2.24) is 4.57 Å². The molecule has 12 rings (SSSR count). The summed E-state index contributed by atoms with van der Waals surface area (Å²) in [5.41, 5.74) is 22.3. The van der Waals surface area contributed by atoms with Crippen LogP contribution in [-0.4, -0.2) is 4.57 Å². The summed E-state index contributed by atoms with van der Waals surface area (Å²) in [6.07, 6.45) is 0. The van der Waals surface area contributed by atoms with E-state index in [2.05, 4.69) is 243 Å². The molecule has 1 aromatic heterocycles. The van der Waals surface area contributed by atoms with E-state index in [0.717, 1.165) is 22.7 Å². The topological polar surface area (TPSA) is 8.17 Å². The van der Waals surface area contributed by atoms with E-state index in [0.29, 0.717) is 0 Å². The molecule has 0 saturated heterocycles. The van der Waals surface area contributed by atoms with Crippen LogP contribution < -0.4 is 4.90 Å². The SMILES string of the molecule is CC1(C)c2ccccc2-c2ccc(N(c3ccc(-c4ccccc4)cc3)c3ccc4c5ccc6c(c5n(-c5ccc(-c7ccccc7)cc5)c4c3)C(C)(C)c3ccccc3-6)cc21. The lowest BCUT2D eigenvalue weighted by Gasteiger charge is -2.28. The summed E-state index contributed by atoms with van der Waals surface area (Å²) >= 11 is 0. The molecule has 0 saturated carbocycles. The minimum Gasteiger partial charge on any atom is -0.310 e. The molecule has 9 aromatic carbocycles. The largest absolute Gasteiger partial charge is 0.310 e. The summed E-state index contributed by atoms with van der Waals surface area (Å²) in [7, 11) is 0. The lowest BCUT2D eigenvalue weighted by Crippen LogP contribution is -2.16. The van der Waals surface area contributed by atoms with Crippen LogP contribution in [0.15, 0.2) is 206 Å². The van der Waals surface area contributed by atoms with Crippen LogP contribution in [0.2, 0.25) is 0 Å². The smallest absolute Gasteiger partial charge is 0.0588 e. The lowest BCUT2D eigenvalue weighted by atomic mass is 9.81. The van der Waals surface area contributed by atoms with Gasteiger partial charge in [-0.2, -0.15) is 0 Å². The average molecular weight is 795 g/mol. The monoisotopic (exact) mass is 794 g/mol. The molecule has 0 N–H and O–H groups in total. The highest BCUT2D eigenvalue weighted by molar-refractivity contribution is 6.14. The molecule has 1 heterocycles. The van der Waals surface area contributed by atoms with Gasteiger partial charge in [-0.05, 0) is 115 Å². The Morgan fingerprint density at radius 3 is 1.48 bits per heavy atom. The fourth-order valence-corrected chi connectivity index (χ4v) is 10.9. The molecule has 296 valence electrons. The van der Waals surface area contributed by atoms with E-state index < -0.39 is 0 Å². The van der Waals surface area contributed by atoms with E-state index in [1.165, 1.54) is 88.6 Å². The Kier molecular flexibility index (Phi) is 7.96. The lowest BCUT2D eigenvalue weighted by molar-refractivity contribution is 0.660. The van der Waals surface area contributed by atoms with Crippen molar-refractivity contribution in [2.45, 2.75) is 38.5 Å². The molecular formula is C60H46N2. The van der Waals surface area contributed by atoms with Crippen molar-refractivity contribution in [3.63, 3.8) is 0 Å². The Morgan fingerprint density at radius 1 is 0.355 bits per heavy atom. The highest BCUT2D eigenvalue weighted by Gasteiger charge is 2.39. The van der Waals surface area contributed by atoms with Crippen LogP contribution >= 0.6 is 0 Å². The van der Waals surface area contributed by atoms with Gasteiger partial charge in [0.15, 0.2) is 0 Å². The van der Waals surface area contributed by atoms with Gasteiger partial charge in [-0.15, -0.1) is 0 Å². The quantitative estimate of drug-likeness (QED) is 0.163. The molecular weight excluding hydrogens is 749 g/mol. The third-order valence-electron chi connectivity index (χ3n) is 14.0. The predicted octanol–water partition coefficient (Wildman–Crippen LogP) is 16.2. The number of nitrogens with zero attached hydrogens (tertiary/aromatic N) is 2. The number of rotatable bonds is 6. The number of benzene rings is 9. The zero-order chi connectivity index (χ0) is 41.7. The molecule has 0 radical (unpaired) electrons. The predicted molar refractivity (Wildman–Crippen MR) is 261 cm³/mol. The van der Waals surface area contributed by atoms with Crippen LogP contribution in [0.3, 0.4) is 0 Å². The summed E-state index contributed by atoms with van der Waals surface area (Å²) in [4.78, 5) is 2.46. The molecule has 0 amide bonds. The number of hydrogen-bond acceptors (Lipinski definition) is 1. The van der Waals surface area contributed by atoms with Gasteiger partial charge in [0.1, 0.15) is 0 Å². The molecule has 62 heavy (non-hydrogen) atoms. The Balaban J connectivity index is 1.10. The van der Waals surface area contributed by atoms with E-state index in [1.54, 1.807) is 0 Å². The third kappa shape index (κ3) is 5.36. The zero-order valence-electron chi connectivity index (χ0n) is 35.5. The van der Waals surface area contributed by atoms with Crippen molar-refractivity contribution >= 4 is 38.9 Å². The maximum atomic E-state index is 2.55. The number of fused-ring (bicyclic) bond motifs is 10. The van der Waals surface area contributed by atoms with E-state index in [1.807, 2.05) is 0 Å². The van der Waals surface area contributed by atoms with Gasteiger partial charge in [0.25, 0.3) is 0 Å². The van der Waals surface area contributed by atoms with Gasteiger partial charge < -0.3 is 9.47 Å². The second-order valence-corrected chi connectivity index (χ2v) is 18.2. The molecule has 0 aliphatic heterocycles. The van der Waals surface area contributed by atoms with Crippen molar-refractivity contribution in [2.75, 3.05) is 4.90 Å². The summed E-state index contributed by atoms with van der Waals surface area (Å²) in [6.45, 7) is 9.54. The third-order valence-corrected chi connectivity index (χ3v) is 14.0. The van der Waals surface area contributed by atoms with Crippen molar-refractivity contribution in [2.24, 2.45) is 0 Å². The second-order valence-electron chi connectivity index (χ2n) is 18.2. The van der Waals surface area contributed by atoms with Crippen LogP contribution in [-0.2, 0) is 10.8 Å². The summed E-state index contributed by atoms with van der Waals surface area (Å²) in [5.74, 6) is 0. The van der Waals surface area contributed by atoms with Gasteiger partial charge in [-0.3, -0.25) is 0 Å².